The number of aromatic hydroxyl groups is 4. The Bertz CT molecular complexity index is 950. The highest BCUT2D eigenvalue weighted by Crippen LogP contribution is 2.29. The summed E-state index contributed by atoms with van der Waals surface area (Å²) in [5.74, 6) is -0.806. The van der Waals surface area contributed by atoms with E-state index in [2.05, 4.69) is 0 Å². The number of hydrogen-bond donors (Lipinski definition) is 8. The first-order chi connectivity index (χ1) is 16.7. The maximum atomic E-state index is 10.3. The molecule has 0 amide bonds. The van der Waals surface area contributed by atoms with E-state index in [0.29, 0.717) is 32.1 Å². The number of aliphatic hydroxyl groups excluding tert-OH is 4. The molecule has 1 fully saturated rings. The van der Waals surface area contributed by atoms with Gasteiger partial charge < -0.3 is 50.3 Å². The van der Waals surface area contributed by atoms with E-state index in [1.807, 2.05) is 0 Å². The quantitative estimate of drug-likeness (QED) is 0.166. The van der Waals surface area contributed by atoms with Gasteiger partial charge in [-0.05, 0) is 67.5 Å². The van der Waals surface area contributed by atoms with Gasteiger partial charge in [-0.1, -0.05) is 18.6 Å². The Hall–Kier alpha value is -2.60. The topological polar surface area (TPSA) is 180 Å². The smallest absolute Gasteiger partial charge is 0.186 e. The molecule has 0 spiro atoms. The second-order valence-corrected chi connectivity index (χ2v) is 8.89. The van der Waals surface area contributed by atoms with E-state index in [-0.39, 0.29) is 23.0 Å². The third-order valence-corrected chi connectivity index (χ3v) is 6.25. The summed E-state index contributed by atoms with van der Waals surface area (Å²) in [6.07, 6.45) is -3.64. The third kappa shape index (κ3) is 7.20. The van der Waals surface area contributed by atoms with Crippen LogP contribution in [0.3, 0.4) is 0 Å². The average molecular weight is 495 g/mol. The van der Waals surface area contributed by atoms with Gasteiger partial charge in [0.1, 0.15) is 24.4 Å². The van der Waals surface area contributed by atoms with Crippen LogP contribution in [0.4, 0.5) is 0 Å². The van der Waals surface area contributed by atoms with Crippen molar-refractivity contribution in [2.24, 2.45) is 0 Å². The van der Waals surface area contributed by atoms with Crippen molar-refractivity contribution in [2.45, 2.75) is 75.3 Å². The predicted molar refractivity (Wildman–Crippen MR) is 124 cm³/mol. The van der Waals surface area contributed by atoms with Crippen LogP contribution in [0.15, 0.2) is 36.4 Å². The summed E-state index contributed by atoms with van der Waals surface area (Å²) in [6, 6.07) is 9.20. The average Bonchev–Trinajstić information content (AvgIpc) is 2.84. The van der Waals surface area contributed by atoms with Crippen molar-refractivity contribution >= 4 is 0 Å². The van der Waals surface area contributed by atoms with Gasteiger partial charge in [-0.25, -0.2) is 0 Å². The van der Waals surface area contributed by atoms with Gasteiger partial charge in [0.05, 0.1) is 12.7 Å². The minimum absolute atomic E-state index is 0.177. The SMILES string of the molecule is OC[C@H]1O[C@H](O[C@H](CCCCc2ccc(O)c(O)c2)CCc2ccc(O)c(O)c2)[C@H](O)[C@@H](O)[C@@H]1O. The summed E-state index contributed by atoms with van der Waals surface area (Å²) in [4.78, 5) is 0. The molecule has 1 aliphatic heterocycles. The van der Waals surface area contributed by atoms with Crippen LogP contribution < -0.4 is 0 Å². The lowest BCUT2D eigenvalue weighted by Gasteiger charge is -2.41. The first kappa shape index (κ1) is 27.0. The van der Waals surface area contributed by atoms with Gasteiger partial charge in [0.25, 0.3) is 0 Å². The fourth-order valence-electron chi connectivity index (χ4n) is 4.13. The molecule has 194 valence electrons. The van der Waals surface area contributed by atoms with Crippen LogP contribution >= 0.6 is 0 Å². The molecule has 1 aliphatic rings. The number of aryl methyl sites for hydroxylation is 2. The summed E-state index contributed by atoms with van der Waals surface area (Å²) in [7, 11) is 0. The fourth-order valence-corrected chi connectivity index (χ4v) is 4.13. The fraction of sp³-hybridized carbons (Fsp3) is 0.520. The zero-order valence-electron chi connectivity index (χ0n) is 19.3. The second-order valence-electron chi connectivity index (χ2n) is 8.89. The summed E-state index contributed by atoms with van der Waals surface area (Å²) < 4.78 is 11.5. The van der Waals surface area contributed by atoms with Crippen LogP contribution in [0.2, 0.25) is 0 Å². The Morgan fingerprint density at radius 3 is 1.89 bits per heavy atom. The number of rotatable bonds is 11. The molecule has 10 nitrogen and oxygen atoms in total. The van der Waals surface area contributed by atoms with Gasteiger partial charge >= 0.3 is 0 Å². The molecule has 2 aromatic carbocycles. The molecular weight excluding hydrogens is 460 g/mol. The molecule has 35 heavy (non-hydrogen) atoms. The third-order valence-electron chi connectivity index (χ3n) is 6.25. The zero-order valence-corrected chi connectivity index (χ0v) is 19.3. The highest BCUT2D eigenvalue weighted by atomic mass is 16.7. The number of unbranched alkanes of at least 4 members (excludes halogenated alkanes) is 1. The van der Waals surface area contributed by atoms with Crippen molar-refractivity contribution in [1.82, 2.24) is 0 Å². The highest BCUT2D eigenvalue weighted by Gasteiger charge is 2.44. The molecule has 1 saturated heterocycles. The van der Waals surface area contributed by atoms with Gasteiger partial charge in [0.15, 0.2) is 29.3 Å². The molecule has 0 radical (unpaired) electrons. The van der Waals surface area contributed by atoms with E-state index >= 15 is 0 Å². The monoisotopic (exact) mass is 494 g/mol. The van der Waals surface area contributed by atoms with Crippen LogP contribution in [0.5, 0.6) is 23.0 Å². The Morgan fingerprint density at radius 2 is 1.31 bits per heavy atom. The van der Waals surface area contributed by atoms with Crippen LogP contribution in [0, 0.1) is 0 Å². The van der Waals surface area contributed by atoms with Gasteiger partial charge in [0.2, 0.25) is 0 Å². The number of aliphatic hydroxyl groups is 4. The number of hydrogen-bond acceptors (Lipinski definition) is 10. The second kappa shape index (κ2) is 12.4. The lowest BCUT2D eigenvalue weighted by molar-refractivity contribution is -0.312. The van der Waals surface area contributed by atoms with Crippen LogP contribution in [0.1, 0.15) is 36.8 Å². The van der Waals surface area contributed by atoms with Gasteiger partial charge in [0, 0.05) is 0 Å². The molecule has 3 rings (SSSR count). The lowest BCUT2D eigenvalue weighted by Crippen LogP contribution is -2.59. The van der Waals surface area contributed by atoms with Crippen molar-refractivity contribution in [3.05, 3.63) is 47.5 Å². The molecule has 2 aromatic rings. The van der Waals surface area contributed by atoms with Crippen LogP contribution in [-0.4, -0.2) is 84.3 Å². The molecule has 8 N–H and O–H groups in total. The Labute approximate surface area is 203 Å². The molecular formula is C25H34O10. The Morgan fingerprint density at radius 1 is 0.714 bits per heavy atom. The van der Waals surface area contributed by atoms with Crippen molar-refractivity contribution in [2.75, 3.05) is 6.61 Å². The van der Waals surface area contributed by atoms with Crippen molar-refractivity contribution in [3.63, 3.8) is 0 Å². The lowest BCUT2D eigenvalue weighted by atomic mass is 9.98. The van der Waals surface area contributed by atoms with E-state index in [4.69, 9.17) is 9.47 Å². The summed E-state index contributed by atoms with van der Waals surface area (Å²) in [5, 5.41) is 78.2. The van der Waals surface area contributed by atoms with E-state index in [0.717, 1.165) is 17.5 Å². The molecule has 0 bridgehead atoms. The molecule has 0 aliphatic carbocycles. The number of ether oxygens (including phenoxy) is 2. The van der Waals surface area contributed by atoms with Gasteiger partial charge in [-0.2, -0.15) is 0 Å². The summed E-state index contributed by atoms with van der Waals surface area (Å²) >= 11 is 0. The molecule has 0 saturated carbocycles. The van der Waals surface area contributed by atoms with Gasteiger partial charge in [-0.15, -0.1) is 0 Å². The normalized spacial score (nSPS) is 25.4. The van der Waals surface area contributed by atoms with E-state index in [1.165, 1.54) is 24.3 Å². The van der Waals surface area contributed by atoms with E-state index in [1.54, 1.807) is 12.1 Å². The molecule has 6 atom stereocenters. The minimum Gasteiger partial charge on any atom is -0.504 e. The molecule has 0 aromatic heterocycles. The molecule has 0 unspecified atom stereocenters. The maximum absolute atomic E-state index is 10.3. The minimum atomic E-state index is -1.54. The first-order valence-electron chi connectivity index (χ1n) is 11.7. The first-order valence-corrected chi connectivity index (χ1v) is 11.7. The number of phenols is 4. The molecule has 1 heterocycles. The maximum Gasteiger partial charge on any atom is 0.186 e. The summed E-state index contributed by atoms with van der Waals surface area (Å²) in [6.45, 7) is -0.554. The number of phenolic OH excluding ortho intramolecular Hbond substituents is 4. The molecule has 10 heteroatoms. The van der Waals surface area contributed by atoms with Crippen molar-refractivity contribution in [3.8, 4) is 23.0 Å². The predicted octanol–water partition coefficient (Wildman–Crippen LogP) is 1.04. The van der Waals surface area contributed by atoms with E-state index in [9.17, 15) is 40.9 Å². The van der Waals surface area contributed by atoms with Gasteiger partial charge in [-0.3, -0.25) is 0 Å². The van der Waals surface area contributed by atoms with Crippen molar-refractivity contribution < 1.29 is 50.3 Å². The summed E-state index contributed by atoms with van der Waals surface area (Å²) in [5.41, 5.74) is 1.63. The van der Waals surface area contributed by atoms with Crippen LogP contribution in [0.25, 0.3) is 0 Å². The number of benzene rings is 2. The Balaban J connectivity index is 1.62. The van der Waals surface area contributed by atoms with Crippen molar-refractivity contribution in [1.29, 1.82) is 0 Å². The standard InChI is InChI=1S/C25H34O10/c26-13-21-22(31)23(32)24(33)25(35-21)34-16(8-5-15-7-10-18(28)20(30)12-15)4-2-1-3-14-6-9-17(27)19(29)11-14/h6-7,9-12,16,21-33H,1-5,8,13H2/t16-,21-,22-,23+,24-,25+/m1/s1. The van der Waals surface area contributed by atoms with E-state index < -0.39 is 43.4 Å². The largest absolute Gasteiger partial charge is 0.504 e. The highest BCUT2D eigenvalue weighted by molar-refractivity contribution is 5.41. The van der Waals surface area contributed by atoms with Crippen LogP contribution in [-0.2, 0) is 22.3 Å². The Kier molecular flexibility index (Phi) is 9.55. The zero-order chi connectivity index (χ0) is 25.5.